The van der Waals surface area contributed by atoms with E-state index in [9.17, 15) is 9.59 Å². The van der Waals surface area contributed by atoms with Gasteiger partial charge in [0.15, 0.2) is 0 Å². The first-order valence-electron chi connectivity index (χ1n) is 9.62. The molecule has 1 unspecified atom stereocenters. The van der Waals surface area contributed by atoms with Gasteiger partial charge in [-0.1, -0.05) is 13.3 Å². The minimum Gasteiger partial charge on any atom is -0.441 e. The highest BCUT2D eigenvalue weighted by Crippen LogP contribution is 2.34. The number of carbonyl (C=O) groups excluding carboxylic acids is 2. The summed E-state index contributed by atoms with van der Waals surface area (Å²) in [5.74, 6) is 0.0755. The van der Waals surface area contributed by atoms with Gasteiger partial charge in [0.25, 0.3) is 0 Å². The maximum Gasteiger partial charge on any atom is 0.410 e. The van der Waals surface area contributed by atoms with Crippen molar-refractivity contribution in [3.63, 3.8) is 0 Å². The van der Waals surface area contributed by atoms with Crippen LogP contribution < -0.4 is 0 Å². The number of carbonyl (C=O) groups is 2. The second-order valence-corrected chi connectivity index (χ2v) is 7.78. The average Bonchev–Trinajstić information content (AvgIpc) is 3.07. The van der Waals surface area contributed by atoms with E-state index in [1.165, 1.54) is 0 Å². The topological polar surface area (TPSA) is 67.7 Å². The van der Waals surface area contributed by atoms with E-state index in [1.54, 1.807) is 4.68 Å². The van der Waals surface area contributed by atoms with Crippen LogP contribution in [-0.2, 0) is 16.1 Å². The number of aryl methyl sites for hydroxylation is 2. The molecule has 2 amide bonds. The molecule has 2 fully saturated rings. The monoisotopic (exact) mass is 362 g/mol. The van der Waals surface area contributed by atoms with Crippen molar-refractivity contribution in [3.8, 4) is 0 Å². The molecular formula is C19H30N4O3. The minimum absolute atomic E-state index is 0.0755. The Morgan fingerprint density at radius 2 is 2.04 bits per heavy atom. The summed E-state index contributed by atoms with van der Waals surface area (Å²) in [6.45, 7) is 10.3. The van der Waals surface area contributed by atoms with Crippen molar-refractivity contribution in [1.82, 2.24) is 19.6 Å². The summed E-state index contributed by atoms with van der Waals surface area (Å²) in [5.41, 5.74) is 1.50. The molecule has 2 aliphatic rings. The number of amides is 2. The van der Waals surface area contributed by atoms with Crippen molar-refractivity contribution in [3.05, 3.63) is 17.5 Å². The van der Waals surface area contributed by atoms with Gasteiger partial charge in [-0.25, -0.2) is 4.79 Å². The third-order valence-corrected chi connectivity index (χ3v) is 5.65. The normalized spacial score (nSPS) is 20.5. The van der Waals surface area contributed by atoms with E-state index >= 15 is 0 Å². The van der Waals surface area contributed by atoms with Crippen LogP contribution in [0.2, 0.25) is 0 Å². The molecule has 1 aromatic heterocycles. The van der Waals surface area contributed by atoms with E-state index in [4.69, 9.17) is 4.74 Å². The van der Waals surface area contributed by atoms with Gasteiger partial charge in [0.2, 0.25) is 5.91 Å². The Bertz CT molecular complexity index is 676. The highest BCUT2D eigenvalue weighted by molar-refractivity contribution is 5.76. The number of rotatable bonds is 5. The fourth-order valence-electron chi connectivity index (χ4n) is 4.05. The van der Waals surface area contributed by atoms with Crippen molar-refractivity contribution in [2.24, 2.45) is 0 Å². The lowest BCUT2D eigenvalue weighted by atomic mass is 9.91. The summed E-state index contributed by atoms with van der Waals surface area (Å²) in [7, 11) is 0. The number of aromatic nitrogens is 2. The zero-order chi connectivity index (χ0) is 18.9. The first-order chi connectivity index (χ1) is 12.3. The van der Waals surface area contributed by atoms with E-state index in [-0.39, 0.29) is 24.6 Å². The van der Waals surface area contributed by atoms with Gasteiger partial charge in [0.1, 0.15) is 12.1 Å². The highest BCUT2D eigenvalue weighted by atomic mass is 16.6. The Labute approximate surface area is 155 Å². The van der Waals surface area contributed by atoms with Gasteiger partial charge >= 0.3 is 6.09 Å². The van der Waals surface area contributed by atoms with Crippen molar-refractivity contribution >= 4 is 12.0 Å². The van der Waals surface area contributed by atoms with Gasteiger partial charge in [-0.3, -0.25) is 9.48 Å². The van der Waals surface area contributed by atoms with Crippen molar-refractivity contribution in [2.75, 3.05) is 19.6 Å². The summed E-state index contributed by atoms with van der Waals surface area (Å²) < 4.78 is 7.53. The molecule has 3 heterocycles. The predicted molar refractivity (Wildman–Crippen MR) is 97.8 cm³/mol. The van der Waals surface area contributed by atoms with Crippen LogP contribution in [-0.4, -0.2) is 62.9 Å². The van der Waals surface area contributed by atoms with Crippen LogP contribution in [0.3, 0.4) is 0 Å². The third-order valence-electron chi connectivity index (χ3n) is 5.65. The van der Waals surface area contributed by atoms with Gasteiger partial charge in [-0.2, -0.15) is 5.10 Å². The SMILES string of the molecule is CCCC(C)N1CC2(CCN(C(=O)Cn3nc(C)cc3C)CC2)OC1=O. The van der Waals surface area contributed by atoms with Gasteiger partial charge in [0.05, 0.1) is 12.2 Å². The van der Waals surface area contributed by atoms with Gasteiger partial charge in [0, 0.05) is 37.7 Å². The molecule has 0 aromatic carbocycles. The molecule has 0 N–H and O–H groups in total. The molecule has 7 heteroatoms. The Morgan fingerprint density at radius 3 is 2.62 bits per heavy atom. The lowest BCUT2D eigenvalue weighted by Crippen LogP contribution is -2.50. The molecule has 26 heavy (non-hydrogen) atoms. The summed E-state index contributed by atoms with van der Waals surface area (Å²) in [5, 5.41) is 4.37. The van der Waals surface area contributed by atoms with Crippen LogP contribution in [0, 0.1) is 13.8 Å². The van der Waals surface area contributed by atoms with E-state index in [0.717, 1.165) is 24.2 Å². The van der Waals surface area contributed by atoms with Crippen molar-refractivity contribution in [1.29, 1.82) is 0 Å². The molecule has 1 spiro atoms. The minimum atomic E-state index is -0.423. The van der Waals surface area contributed by atoms with Gasteiger partial charge in [-0.15, -0.1) is 0 Å². The van der Waals surface area contributed by atoms with Crippen LogP contribution >= 0.6 is 0 Å². The molecular weight excluding hydrogens is 332 g/mol. The molecule has 1 atom stereocenters. The second-order valence-electron chi connectivity index (χ2n) is 7.78. The molecule has 2 saturated heterocycles. The summed E-state index contributed by atoms with van der Waals surface area (Å²) in [4.78, 5) is 28.6. The summed E-state index contributed by atoms with van der Waals surface area (Å²) in [6, 6.07) is 2.18. The molecule has 3 rings (SSSR count). The van der Waals surface area contributed by atoms with Crippen LogP contribution in [0.1, 0.15) is 50.9 Å². The van der Waals surface area contributed by atoms with Gasteiger partial charge in [-0.05, 0) is 33.3 Å². The number of nitrogens with zero attached hydrogens (tertiary/aromatic N) is 4. The molecule has 0 saturated carbocycles. The predicted octanol–water partition coefficient (Wildman–Crippen LogP) is 2.50. The summed E-state index contributed by atoms with van der Waals surface area (Å²) in [6.07, 6.45) is 3.24. The lowest BCUT2D eigenvalue weighted by molar-refractivity contribution is -0.135. The number of hydrogen-bond acceptors (Lipinski definition) is 4. The molecule has 0 aliphatic carbocycles. The molecule has 2 aliphatic heterocycles. The van der Waals surface area contributed by atoms with Crippen LogP contribution in [0.5, 0.6) is 0 Å². The van der Waals surface area contributed by atoms with E-state index < -0.39 is 5.60 Å². The zero-order valence-electron chi connectivity index (χ0n) is 16.3. The smallest absolute Gasteiger partial charge is 0.410 e. The Kier molecular flexibility index (Phi) is 5.25. The number of hydrogen-bond donors (Lipinski definition) is 0. The molecule has 7 nitrogen and oxygen atoms in total. The van der Waals surface area contributed by atoms with Crippen LogP contribution in [0.25, 0.3) is 0 Å². The maximum absolute atomic E-state index is 12.6. The molecule has 0 radical (unpaired) electrons. The van der Waals surface area contributed by atoms with E-state index in [1.807, 2.05) is 29.7 Å². The standard InChI is InChI=1S/C19H30N4O3/c1-5-6-15(3)22-13-19(26-18(22)25)7-9-21(10-8-19)17(24)12-23-16(4)11-14(2)20-23/h11,15H,5-10,12-13H2,1-4H3. The Hall–Kier alpha value is -2.05. The van der Waals surface area contributed by atoms with Crippen molar-refractivity contribution in [2.45, 2.75) is 71.6 Å². The maximum atomic E-state index is 12.6. The number of ether oxygens (including phenoxy) is 1. The largest absolute Gasteiger partial charge is 0.441 e. The van der Waals surface area contributed by atoms with E-state index in [0.29, 0.717) is 32.5 Å². The molecule has 0 bridgehead atoms. The zero-order valence-corrected chi connectivity index (χ0v) is 16.3. The quantitative estimate of drug-likeness (QED) is 0.807. The average molecular weight is 362 g/mol. The van der Waals surface area contributed by atoms with Crippen LogP contribution in [0.15, 0.2) is 6.07 Å². The first kappa shape index (κ1) is 18.7. The fourth-order valence-corrected chi connectivity index (χ4v) is 4.05. The van der Waals surface area contributed by atoms with Crippen molar-refractivity contribution < 1.29 is 14.3 Å². The Morgan fingerprint density at radius 1 is 1.35 bits per heavy atom. The summed E-state index contributed by atoms with van der Waals surface area (Å²) >= 11 is 0. The molecule has 1 aromatic rings. The first-order valence-corrected chi connectivity index (χ1v) is 9.62. The molecule has 144 valence electrons. The second kappa shape index (κ2) is 7.29. The van der Waals surface area contributed by atoms with Crippen LogP contribution in [0.4, 0.5) is 4.79 Å². The van der Waals surface area contributed by atoms with Gasteiger partial charge < -0.3 is 14.5 Å². The number of likely N-dealkylation sites (tertiary alicyclic amines) is 1. The fraction of sp³-hybridized carbons (Fsp3) is 0.737. The third kappa shape index (κ3) is 3.71. The van der Waals surface area contributed by atoms with E-state index in [2.05, 4.69) is 18.9 Å². The number of piperidine rings is 1. The lowest BCUT2D eigenvalue weighted by Gasteiger charge is -2.37. The highest BCUT2D eigenvalue weighted by Gasteiger charge is 2.48. The Balaban J connectivity index is 1.56.